The summed E-state index contributed by atoms with van der Waals surface area (Å²) in [5.74, 6) is -0.937. The van der Waals surface area contributed by atoms with Crippen molar-refractivity contribution in [3.05, 3.63) is 47.9 Å². The van der Waals surface area contributed by atoms with Crippen molar-refractivity contribution in [2.24, 2.45) is 0 Å². The highest BCUT2D eigenvalue weighted by atomic mass is 32.2. The fraction of sp³-hybridized carbons (Fsp3) is 0.111. The van der Waals surface area contributed by atoms with Gasteiger partial charge in [0.2, 0.25) is 0 Å². The number of imide groups is 1. The van der Waals surface area contributed by atoms with Crippen LogP contribution >= 0.6 is 11.8 Å². The van der Waals surface area contributed by atoms with Crippen LogP contribution in [0.15, 0.2) is 56.8 Å². The van der Waals surface area contributed by atoms with E-state index in [1.54, 1.807) is 12.1 Å². The Labute approximate surface area is 162 Å². The first-order chi connectivity index (χ1) is 13.5. The first-order valence-electron chi connectivity index (χ1n) is 8.17. The molecule has 0 bridgehead atoms. The molecule has 1 aliphatic heterocycles. The van der Waals surface area contributed by atoms with Gasteiger partial charge in [0.1, 0.15) is 18.0 Å². The van der Waals surface area contributed by atoms with Crippen molar-refractivity contribution in [2.45, 2.75) is 10.2 Å². The molecule has 0 spiro atoms. The lowest BCUT2D eigenvalue weighted by Gasteiger charge is -2.08. The van der Waals surface area contributed by atoms with Crippen molar-refractivity contribution in [3.63, 3.8) is 0 Å². The molecule has 0 aliphatic carbocycles. The summed E-state index contributed by atoms with van der Waals surface area (Å²) in [7, 11) is 1.18. The molecule has 3 heterocycles. The number of imidazole rings is 1. The summed E-state index contributed by atoms with van der Waals surface area (Å²) < 4.78 is 10.2. The quantitative estimate of drug-likeness (QED) is 0.385. The zero-order valence-corrected chi connectivity index (χ0v) is 15.4. The molecule has 1 aliphatic rings. The van der Waals surface area contributed by atoms with Crippen LogP contribution in [0, 0.1) is 0 Å². The summed E-state index contributed by atoms with van der Waals surface area (Å²) in [4.78, 5) is 43.9. The van der Waals surface area contributed by atoms with Crippen LogP contribution in [0.1, 0.15) is 5.76 Å². The number of H-pyrrole nitrogens is 1. The van der Waals surface area contributed by atoms with E-state index in [-0.39, 0.29) is 5.70 Å². The van der Waals surface area contributed by atoms with Gasteiger partial charge in [0.25, 0.3) is 5.91 Å². The molecule has 28 heavy (non-hydrogen) atoms. The second-order valence-electron chi connectivity index (χ2n) is 5.77. The van der Waals surface area contributed by atoms with Gasteiger partial charge in [0.05, 0.1) is 18.1 Å². The van der Waals surface area contributed by atoms with Crippen LogP contribution in [0.5, 0.6) is 0 Å². The molecule has 3 aromatic rings. The van der Waals surface area contributed by atoms with E-state index in [0.29, 0.717) is 16.0 Å². The molecule has 3 amide bonds. The van der Waals surface area contributed by atoms with Gasteiger partial charge in [-0.3, -0.25) is 9.59 Å². The fourth-order valence-corrected chi connectivity index (χ4v) is 3.36. The van der Waals surface area contributed by atoms with E-state index in [1.807, 2.05) is 24.3 Å². The number of nitrogens with zero attached hydrogens (tertiary/aromatic N) is 2. The number of nitrogens with one attached hydrogen (secondary N) is 2. The van der Waals surface area contributed by atoms with Crippen LogP contribution < -0.4 is 5.32 Å². The van der Waals surface area contributed by atoms with E-state index in [0.717, 1.165) is 15.9 Å². The normalized spacial score (nSPS) is 15.5. The number of fused-ring (bicyclic) bond motifs is 1. The number of aromatic amines is 1. The molecule has 1 aromatic carbocycles. The van der Waals surface area contributed by atoms with Gasteiger partial charge in [-0.25, -0.2) is 14.7 Å². The first-order valence-corrected chi connectivity index (χ1v) is 8.99. The van der Waals surface area contributed by atoms with Crippen LogP contribution in [0.3, 0.4) is 0 Å². The van der Waals surface area contributed by atoms with E-state index in [1.165, 1.54) is 24.9 Å². The van der Waals surface area contributed by atoms with Crippen molar-refractivity contribution in [1.29, 1.82) is 0 Å². The van der Waals surface area contributed by atoms with E-state index in [2.05, 4.69) is 20.0 Å². The van der Waals surface area contributed by atoms with Crippen LogP contribution in [0.2, 0.25) is 0 Å². The molecular formula is C18H14N4O5S. The Hall–Kier alpha value is -3.53. The van der Waals surface area contributed by atoms with Crippen molar-refractivity contribution in [1.82, 2.24) is 20.2 Å². The molecule has 0 atom stereocenters. The third-order valence-electron chi connectivity index (χ3n) is 3.93. The van der Waals surface area contributed by atoms with Crippen LogP contribution in [-0.2, 0) is 14.3 Å². The van der Waals surface area contributed by atoms with Gasteiger partial charge in [0.15, 0.2) is 10.2 Å². The number of hydrogen-bond donors (Lipinski definition) is 2. The van der Waals surface area contributed by atoms with Gasteiger partial charge >= 0.3 is 12.0 Å². The lowest BCUT2D eigenvalue weighted by Crippen LogP contribution is -2.36. The largest absolute Gasteiger partial charge is 0.468 e. The van der Waals surface area contributed by atoms with Gasteiger partial charge < -0.3 is 19.5 Å². The van der Waals surface area contributed by atoms with Crippen molar-refractivity contribution < 1.29 is 23.5 Å². The van der Waals surface area contributed by atoms with Gasteiger partial charge in [-0.1, -0.05) is 12.1 Å². The summed E-state index contributed by atoms with van der Waals surface area (Å²) in [5.41, 5.74) is 1.79. The molecular weight excluding hydrogens is 384 g/mol. The number of esters is 1. The number of benzene rings is 1. The van der Waals surface area contributed by atoms with Crippen LogP contribution in [-0.4, -0.2) is 46.4 Å². The molecule has 1 saturated heterocycles. The first kappa shape index (κ1) is 17.9. The maximum absolute atomic E-state index is 12.3. The molecule has 9 nitrogen and oxygen atoms in total. The zero-order chi connectivity index (χ0) is 19.7. The standard InChI is InChI=1S/C18H14N4O5S/c1-26-14(23)9-22-16(24)13(21-18(22)25)8-10-6-7-15(27-10)28-17-19-11-4-2-3-5-12(11)20-17/h2-8H,9H2,1H3,(H,19,20)(H,21,25)/b13-8+. The maximum atomic E-state index is 12.3. The summed E-state index contributed by atoms with van der Waals surface area (Å²) in [6.07, 6.45) is 1.40. The average Bonchev–Trinajstić information content (AvgIpc) is 3.36. The highest BCUT2D eigenvalue weighted by Crippen LogP contribution is 2.29. The molecule has 2 N–H and O–H groups in total. The van der Waals surface area contributed by atoms with Gasteiger partial charge in [-0.05, 0) is 36.0 Å². The number of amides is 3. The summed E-state index contributed by atoms with van der Waals surface area (Å²) in [5, 5.41) is 3.65. The number of carbonyl (C=O) groups excluding carboxylic acids is 3. The molecule has 142 valence electrons. The Bertz CT molecular complexity index is 1080. The number of carbonyl (C=O) groups is 3. The maximum Gasteiger partial charge on any atom is 0.329 e. The Balaban J connectivity index is 1.49. The van der Waals surface area contributed by atoms with Gasteiger partial charge in [0, 0.05) is 6.08 Å². The zero-order valence-electron chi connectivity index (χ0n) is 14.6. The monoisotopic (exact) mass is 398 g/mol. The Morgan fingerprint density at radius 3 is 2.89 bits per heavy atom. The van der Waals surface area contributed by atoms with E-state index in [9.17, 15) is 14.4 Å². The smallest absolute Gasteiger partial charge is 0.329 e. The van der Waals surface area contributed by atoms with Crippen LogP contribution in [0.25, 0.3) is 17.1 Å². The highest BCUT2D eigenvalue weighted by Gasteiger charge is 2.35. The number of methoxy groups -OCH3 is 1. The number of urea groups is 1. The number of furan rings is 1. The minimum Gasteiger partial charge on any atom is -0.468 e. The number of aromatic nitrogens is 2. The minimum absolute atomic E-state index is 0.0172. The second-order valence-corrected chi connectivity index (χ2v) is 6.77. The molecule has 1 fully saturated rings. The third kappa shape index (κ3) is 3.49. The molecule has 10 heteroatoms. The molecule has 0 saturated carbocycles. The molecule has 0 radical (unpaired) electrons. The minimum atomic E-state index is -0.690. The second kappa shape index (κ2) is 7.24. The third-order valence-corrected chi connectivity index (χ3v) is 4.74. The fourth-order valence-electron chi connectivity index (χ4n) is 2.59. The lowest BCUT2D eigenvalue weighted by molar-refractivity contribution is -0.143. The number of para-hydroxylation sites is 2. The Morgan fingerprint density at radius 1 is 1.29 bits per heavy atom. The summed E-state index contributed by atoms with van der Waals surface area (Å²) in [6, 6.07) is 10.4. The predicted octanol–water partition coefficient (Wildman–Crippen LogP) is 2.37. The SMILES string of the molecule is COC(=O)CN1C(=O)N/C(=C/c2ccc(Sc3nc4ccccc4[nH]3)o2)C1=O. The number of ether oxygens (including phenoxy) is 1. The topological polar surface area (TPSA) is 118 Å². The Kier molecular flexibility index (Phi) is 4.62. The van der Waals surface area contributed by atoms with Crippen molar-refractivity contribution >= 4 is 46.8 Å². The molecule has 0 unspecified atom stereocenters. The number of rotatable bonds is 5. The lowest BCUT2D eigenvalue weighted by atomic mass is 10.3. The van der Waals surface area contributed by atoms with Gasteiger partial charge in [-0.2, -0.15) is 0 Å². The molecule has 4 rings (SSSR count). The van der Waals surface area contributed by atoms with Crippen molar-refractivity contribution in [3.8, 4) is 0 Å². The van der Waals surface area contributed by atoms with Crippen molar-refractivity contribution in [2.75, 3.05) is 13.7 Å². The van der Waals surface area contributed by atoms with E-state index >= 15 is 0 Å². The van der Waals surface area contributed by atoms with E-state index in [4.69, 9.17) is 4.42 Å². The van der Waals surface area contributed by atoms with E-state index < -0.39 is 24.5 Å². The number of hydrogen-bond acceptors (Lipinski definition) is 7. The highest BCUT2D eigenvalue weighted by molar-refractivity contribution is 7.99. The van der Waals surface area contributed by atoms with Gasteiger partial charge in [-0.15, -0.1) is 0 Å². The summed E-state index contributed by atoms with van der Waals surface area (Å²) in [6.45, 7) is -0.455. The summed E-state index contributed by atoms with van der Waals surface area (Å²) >= 11 is 1.30. The predicted molar refractivity (Wildman–Crippen MR) is 99.2 cm³/mol. The Morgan fingerprint density at radius 2 is 2.11 bits per heavy atom. The molecule has 2 aromatic heterocycles. The average molecular weight is 398 g/mol. The van der Waals surface area contributed by atoms with Crippen LogP contribution in [0.4, 0.5) is 4.79 Å².